The van der Waals surface area contributed by atoms with Gasteiger partial charge in [-0.3, -0.25) is 4.57 Å². The summed E-state index contributed by atoms with van der Waals surface area (Å²) in [6.07, 6.45) is 0. The molecule has 3 aromatic heterocycles. The summed E-state index contributed by atoms with van der Waals surface area (Å²) in [7, 11) is 0. The lowest BCUT2D eigenvalue weighted by molar-refractivity contribution is 1.08. The topological polar surface area (TPSA) is 35.6 Å². The molecule has 9 aromatic carbocycles. The average molecular weight is 711 g/mol. The van der Waals surface area contributed by atoms with Gasteiger partial charge >= 0.3 is 0 Å². The standard InChI is InChI=1S/C52H30N4/c1-2-14-33-28-34(25-24-31(33)12-1)49-52(53-44-27-26-32-13-3-4-15-35(32)50(44)54-49)56-46-23-10-8-19-39(46)42-29-47-43(30-48(42)56)41-21-11-20-40-37-17-6-5-16-36(37)38-18-7-9-22-45(38)55(47)51(40)41/h1-30H. The van der Waals surface area contributed by atoms with Gasteiger partial charge in [-0.2, -0.15) is 0 Å². The molecule has 0 fully saturated rings. The second-order valence-electron chi connectivity index (χ2n) is 15.0. The van der Waals surface area contributed by atoms with E-state index in [-0.39, 0.29) is 0 Å². The Hall–Kier alpha value is -7.56. The van der Waals surface area contributed by atoms with E-state index < -0.39 is 0 Å². The average Bonchev–Trinajstić information content (AvgIpc) is 3.72. The lowest BCUT2D eigenvalue weighted by Crippen LogP contribution is -2.04. The van der Waals surface area contributed by atoms with Crippen LogP contribution in [-0.4, -0.2) is 19.1 Å². The summed E-state index contributed by atoms with van der Waals surface area (Å²) >= 11 is 0. The van der Waals surface area contributed by atoms with Crippen molar-refractivity contribution < 1.29 is 0 Å². The Balaban J connectivity index is 1.19. The van der Waals surface area contributed by atoms with Gasteiger partial charge in [-0.15, -0.1) is 0 Å². The number of para-hydroxylation sites is 3. The lowest BCUT2D eigenvalue weighted by atomic mass is 9.94. The van der Waals surface area contributed by atoms with Crippen LogP contribution in [0.15, 0.2) is 182 Å². The van der Waals surface area contributed by atoms with Gasteiger partial charge in [0.15, 0.2) is 5.82 Å². The SMILES string of the molecule is c1ccc2c(c1)-c1ccccc1-n1c3cc4c5ccccc5n(-c5nc6ccc7ccccc7c6nc5-c5ccc6ccccc6c5)c4cc3c3cccc-2c31. The molecule has 1 aliphatic rings. The number of benzene rings is 9. The first-order valence-electron chi connectivity index (χ1n) is 19.2. The highest BCUT2D eigenvalue weighted by Crippen LogP contribution is 2.48. The van der Waals surface area contributed by atoms with E-state index in [4.69, 9.17) is 9.97 Å². The van der Waals surface area contributed by atoms with Crippen LogP contribution in [0.25, 0.3) is 121 Å². The van der Waals surface area contributed by atoms with Gasteiger partial charge in [-0.05, 0) is 63.7 Å². The summed E-state index contributed by atoms with van der Waals surface area (Å²) in [5.74, 6) is 0.818. The van der Waals surface area contributed by atoms with Crippen molar-refractivity contribution in [3.05, 3.63) is 182 Å². The quantitative estimate of drug-likeness (QED) is 0.167. The fourth-order valence-electron chi connectivity index (χ4n) is 9.54. The fraction of sp³-hybridized carbons (Fsp3) is 0. The van der Waals surface area contributed by atoms with Gasteiger partial charge in [0.25, 0.3) is 0 Å². The monoisotopic (exact) mass is 710 g/mol. The highest BCUT2D eigenvalue weighted by atomic mass is 15.1. The van der Waals surface area contributed by atoms with Crippen molar-refractivity contribution >= 4 is 76.2 Å². The van der Waals surface area contributed by atoms with E-state index in [0.717, 1.165) is 49.9 Å². The van der Waals surface area contributed by atoms with Crippen LogP contribution in [-0.2, 0) is 0 Å². The Kier molecular flexibility index (Phi) is 5.86. The maximum Gasteiger partial charge on any atom is 0.165 e. The number of fused-ring (bicyclic) bond motifs is 15. The number of aromatic nitrogens is 4. The summed E-state index contributed by atoms with van der Waals surface area (Å²) in [6, 6.07) is 66.0. The molecule has 0 atom stereocenters. The lowest BCUT2D eigenvalue weighted by Gasteiger charge is -2.15. The van der Waals surface area contributed by atoms with E-state index in [1.54, 1.807) is 0 Å². The van der Waals surface area contributed by atoms with Gasteiger partial charge in [0.1, 0.15) is 5.69 Å². The third-order valence-electron chi connectivity index (χ3n) is 12.0. The molecule has 0 radical (unpaired) electrons. The van der Waals surface area contributed by atoms with E-state index in [2.05, 4.69) is 191 Å². The van der Waals surface area contributed by atoms with Crippen LogP contribution in [0.2, 0.25) is 0 Å². The molecule has 4 heterocycles. The Bertz CT molecular complexity index is 3660. The zero-order valence-electron chi connectivity index (χ0n) is 30.1. The van der Waals surface area contributed by atoms with Crippen LogP contribution in [0.1, 0.15) is 0 Å². The van der Waals surface area contributed by atoms with Gasteiger partial charge in [-0.1, -0.05) is 146 Å². The van der Waals surface area contributed by atoms with Crippen molar-refractivity contribution in [2.75, 3.05) is 0 Å². The molecule has 13 rings (SSSR count). The minimum atomic E-state index is 0.818. The van der Waals surface area contributed by atoms with E-state index in [0.29, 0.717) is 0 Å². The van der Waals surface area contributed by atoms with E-state index >= 15 is 0 Å². The number of rotatable bonds is 2. The first-order valence-corrected chi connectivity index (χ1v) is 19.2. The van der Waals surface area contributed by atoms with Crippen molar-refractivity contribution in [3.8, 4) is 45.0 Å². The maximum absolute atomic E-state index is 5.57. The third-order valence-corrected chi connectivity index (χ3v) is 12.0. The molecule has 0 spiro atoms. The largest absolute Gasteiger partial charge is 0.308 e. The van der Waals surface area contributed by atoms with Crippen LogP contribution >= 0.6 is 0 Å². The van der Waals surface area contributed by atoms with Crippen LogP contribution in [0.4, 0.5) is 0 Å². The number of hydrogen-bond acceptors (Lipinski definition) is 2. The normalized spacial score (nSPS) is 12.3. The molecule has 0 aliphatic carbocycles. The van der Waals surface area contributed by atoms with Gasteiger partial charge in [0.2, 0.25) is 0 Å². The van der Waals surface area contributed by atoms with E-state index in [1.165, 1.54) is 71.3 Å². The molecule has 258 valence electrons. The molecule has 4 nitrogen and oxygen atoms in total. The molecule has 0 N–H and O–H groups in total. The first-order chi connectivity index (χ1) is 27.8. The van der Waals surface area contributed by atoms with Crippen LogP contribution in [0, 0.1) is 0 Å². The van der Waals surface area contributed by atoms with Crippen molar-refractivity contribution in [1.29, 1.82) is 0 Å². The number of nitrogens with zero attached hydrogens (tertiary/aromatic N) is 4. The van der Waals surface area contributed by atoms with Gasteiger partial charge in [-0.25, -0.2) is 9.97 Å². The Morgan fingerprint density at radius 2 is 0.982 bits per heavy atom. The molecule has 0 amide bonds. The molecule has 1 aliphatic heterocycles. The Morgan fingerprint density at radius 1 is 0.357 bits per heavy atom. The van der Waals surface area contributed by atoms with Crippen molar-refractivity contribution in [3.63, 3.8) is 0 Å². The summed E-state index contributed by atoms with van der Waals surface area (Å²) in [5, 5.41) is 9.42. The summed E-state index contributed by atoms with van der Waals surface area (Å²) in [6.45, 7) is 0. The third kappa shape index (κ3) is 3.97. The Labute approximate surface area is 321 Å². The predicted octanol–water partition coefficient (Wildman–Crippen LogP) is 13.4. The van der Waals surface area contributed by atoms with Crippen LogP contribution < -0.4 is 0 Å². The summed E-state index contributed by atoms with van der Waals surface area (Å²) in [5.41, 5.74) is 14.5. The minimum Gasteiger partial charge on any atom is -0.308 e. The molecule has 4 heteroatoms. The second-order valence-corrected chi connectivity index (χ2v) is 15.0. The first kappa shape index (κ1) is 29.8. The maximum atomic E-state index is 5.57. The highest BCUT2D eigenvalue weighted by Gasteiger charge is 2.26. The fourth-order valence-corrected chi connectivity index (χ4v) is 9.54. The predicted molar refractivity (Wildman–Crippen MR) is 233 cm³/mol. The zero-order chi connectivity index (χ0) is 36.5. The van der Waals surface area contributed by atoms with E-state index in [1.807, 2.05) is 0 Å². The Morgan fingerprint density at radius 3 is 1.86 bits per heavy atom. The van der Waals surface area contributed by atoms with Crippen molar-refractivity contribution in [2.45, 2.75) is 0 Å². The van der Waals surface area contributed by atoms with Crippen molar-refractivity contribution in [2.24, 2.45) is 0 Å². The molecule has 12 aromatic rings. The minimum absolute atomic E-state index is 0.818. The molecular formula is C52H30N4. The van der Waals surface area contributed by atoms with E-state index in [9.17, 15) is 0 Å². The zero-order valence-corrected chi connectivity index (χ0v) is 30.1. The highest BCUT2D eigenvalue weighted by molar-refractivity contribution is 6.22. The van der Waals surface area contributed by atoms with Gasteiger partial charge in [0.05, 0.1) is 38.8 Å². The van der Waals surface area contributed by atoms with Crippen LogP contribution in [0.5, 0.6) is 0 Å². The molecule has 56 heavy (non-hydrogen) atoms. The summed E-state index contributed by atoms with van der Waals surface area (Å²) in [4.78, 5) is 11.1. The second kappa shape index (κ2) is 11.0. The van der Waals surface area contributed by atoms with Crippen LogP contribution in [0.3, 0.4) is 0 Å². The smallest absolute Gasteiger partial charge is 0.165 e. The molecule has 0 bridgehead atoms. The summed E-state index contributed by atoms with van der Waals surface area (Å²) < 4.78 is 4.86. The van der Waals surface area contributed by atoms with Gasteiger partial charge in [0, 0.05) is 43.6 Å². The molecule has 0 saturated heterocycles. The molecular weight excluding hydrogens is 681 g/mol. The van der Waals surface area contributed by atoms with Crippen molar-refractivity contribution in [1.82, 2.24) is 19.1 Å². The molecule has 0 unspecified atom stereocenters. The van der Waals surface area contributed by atoms with Gasteiger partial charge < -0.3 is 4.57 Å². The molecule has 0 saturated carbocycles. The number of hydrogen-bond donors (Lipinski definition) is 0.